The second-order valence-electron chi connectivity index (χ2n) is 5.58. The fourth-order valence-corrected chi connectivity index (χ4v) is 2.63. The molecule has 1 aliphatic rings. The summed E-state index contributed by atoms with van der Waals surface area (Å²) in [4.78, 5) is 37.7. The molecule has 0 saturated carbocycles. The highest BCUT2D eigenvalue weighted by Crippen LogP contribution is 2.21. The number of benzene rings is 1. The van der Waals surface area contributed by atoms with Gasteiger partial charge in [-0.1, -0.05) is 12.1 Å². The molecule has 1 atom stereocenters. The molecule has 1 aliphatic heterocycles. The average molecular weight is 305 g/mol. The molecule has 1 aromatic rings. The molecule has 0 N–H and O–H groups in total. The number of nitro benzene ring substituents is 1. The number of likely N-dealkylation sites (tertiary alicyclic amines) is 1. The van der Waals surface area contributed by atoms with Gasteiger partial charge in [-0.2, -0.15) is 0 Å². The first kappa shape index (κ1) is 15.9. The van der Waals surface area contributed by atoms with Crippen molar-refractivity contribution in [1.82, 2.24) is 9.80 Å². The topological polar surface area (TPSA) is 83.8 Å². The van der Waals surface area contributed by atoms with Crippen LogP contribution in [0.1, 0.15) is 18.4 Å². The Morgan fingerprint density at radius 1 is 1.32 bits per heavy atom. The summed E-state index contributed by atoms with van der Waals surface area (Å²) in [7, 11) is 3.36. The predicted octanol–water partition coefficient (Wildman–Crippen LogP) is 1.22. The van der Waals surface area contributed by atoms with Crippen LogP contribution in [0.4, 0.5) is 5.69 Å². The van der Waals surface area contributed by atoms with Crippen LogP contribution in [-0.2, 0) is 16.0 Å². The SMILES string of the molecule is CN(C)C(=O)C1CCCN1C(=O)Cc1ccc([N+](=O)[O-])cc1. The first-order valence-electron chi connectivity index (χ1n) is 7.14. The molecule has 7 heteroatoms. The molecule has 1 aromatic carbocycles. The maximum atomic E-state index is 12.4. The molecule has 1 heterocycles. The third kappa shape index (κ3) is 3.41. The Kier molecular flexibility index (Phi) is 4.75. The van der Waals surface area contributed by atoms with Crippen LogP contribution >= 0.6 is 0 Å². The summed E-state index contributed by atoms with van der Waals surface area (Å²) >= 11 is 0. The Labute approximate surface area is 128 Å². The van der Waals surface area contributed by atoms with Crippen molar-refractivity contribution >= 4 is 17.5 Å². The fourth-order valence-electron chi connectivity index (χ4n) is 2.63. The summed E-state index contributed by atoms with van der Waals surface area (Å²) in [6, 6.07) is 5.54. The van der Waals surface area contributed by atoms with E-state index in [2.05, 4.69) is 0 Å². The summed E-state index contributed by atoms with van der Waals surface area (Å²) in [5, 5.41) is 10.6. The number of nitrogens with zero attached hydrogens (tertiary/aromatic N) is 3. The maximum absolute atomic E-state index is 12.4. The smallest absolute Gasteiger partial charge is 0.269 e. The van der Waals surface area contributed by atoms with Gasteiger partial charge in [-0.05, 0) is 18.4 Å². The Balaban J connectivity index is 2.05. The van der Waals surface area contributed by atoms with Crippen LogP contribution in [-0.4, -0.2) is 53.2 Å². The highest BCUT2D eigenvalue weighted by atomic mass is 16.6. The molecule has 118 valence electrons. The molecule has 7 nitrogen and oxygen atoms in total. The number of carbonyl (C=O) groups excluding carboxylic acids is 2. The number of carbonyl (C=O) groups is 2. The largest absolute Gasteiger partial charge is 0.347 e. The zero-order valence-corrected chi connectivity index (χ0v) is 12.7. The van der Waals surface area contributed by atoms with E-state index in [-0.39, 0.29) is 30.0 Å². The van der Waals surface area contributed by atoms with Gasteiger partial charge in [0.15, 0.2) is 0 Å². The molecule has 0 aliphatic carbocycles. The van der Waals surface area contributed by atoms with Gasteiger partial charge in [-0.25, -0.2) is 0 Å². The molecule has 2 amide bonds. The van der Waals surface area contributed by atoms with Crippen molar-refractivity contribution in [3.05, 3.63) is 39.9 Å². The zero-order chi connectivity index (χ0) is 16.3. The summed E-state index contributed by atoms with van der Waals surface area (Å²) < 4.78 is 0. The first-order valence-corrected chi connectivity index (χ1v) is 7.14. The van der Waals surface area contributed by atoms with Crippen molar-refractivity contribution in [2.45, 2.75) is 25.3 Å². The molecule has 1 unspecified atom stereocenters. The molecule has 0 aromatic heterocycles. The fraction of sp³-hybridized carbons (Fsp3) is 0.467. The van der Waals surface area contributed by atoms with Crippen LogP contribution in [0.5, 0.6) is 0 Å². The van der Waals surface area contributed by atoms with Crippen LogP contribution in [0.3, 0.4) is 0 Å². The minimum atomic E-state index is -0.474. The molecular weight excluding hydrogens is 286 g/mol. The Morgan fingerprint density at radius 2 is 1.95 bits per heavy atom. The second kappa shape index (κ2) is 6.55. The van der Waals surface area contributed by atoms with Crippen molar-refractivity contribution in [3.63, 3.8) is 0 Å². The monoisotopic (exact) mass is 305 g/mol. The molecule has 1 saturated heterocycles. The van der Waals surface area contributed by atoms with E-state index in [1.54, 1.807) is 31.1 Å². The molecular formula is C15H19N3O4. The van der Waals surface area contributed by atoms with Crippen molar-refractivity contribution in [2.75, 3.05) is 20.6 Å². The third-order valence-corrected chi connectivity index (χ3v) is 3.80. The lowest BCUT2D eigenvalue weighted by Gasteiger charge is -2.26. The Hall–Kier alpha value is -2.44. The molecule has 22 heavy (non-hydrogen) atoms. The van der Waals surface area contributed by atoms with Crippen LogP contribution < -0.4 is 0 Å². The van der Waals surface area contributed by atoms with Gasteiger partial charge >= 0.3 is 0 Å². The van der Waals surface area contributed by atoms with E-state index in [9.17, 15) is 19.7 Å². The standard InChI is InChI=1S/C15H19N3O4/c1-16(2)15(20)13-4-3-9-17(13)14(19)10-11-5-7-12(8-6-11)18(21)22/h5-8,13H,3-4,9-10H2,1-2H3. The molecule has 2 rings (SSSR count). The highest BCUT2D eigenvalue weighted by molar-refractivity contribution is 5.88. The maximum Gasteiger partial charge on any atom is 0.269 e. The summed E-state index contributed by atoms with van der Waals surface area (Å²) in [5.41, 5.74) is 0.705. The Morgan fingerprint density at radius 3 is 2.50 bits per heavy atom. The number of rotatable bonds is 4. The summed E-state index contributed by atoms with van der Waals surface area (Å²) in [6.45, 7) is 0.579. The van der Waals surface area contributed by atoms with E-state index in [1.807, 2.05) is 0 Å². The van der Waals surface area contributed by atoms with Crippen LogP contribution in [0, 0.1) is 10.1 Å². The van der Waals surface area contributed by atoms with Gasteiger partial charge in [0.2, 0.25) is 11.8 Å². The second-order valence-corrected chi connectivity index (χ2v) is 5.58. The van der Waals surface area contributed by atoms with E-state index in [1.165, 1.54) is 17.0 Å². The molecule has 0 spiro atoms. The minimum absolute atomic E-state index is 0.00182. The third-order valence-electron chi connectivity index (χ3n) is 3.80. The Bertz CT molecular complexity index is 583. The number of amides is 2. The summed E-state index contributed by atoms with van der Waals surface area (Å²) in [6.07, 6.45) is 1.65. The quantitative estimate of drug-likeness (QED) is 0.618. The van der Waals surface area contributed by atoms with E-state index in [4.69, 9.17) is 0 Å². The lowest BCUT2D eigenvalue weighted by molar-refractivity contribution is -0.384. The van der Waals surface area contributed by atoms with Crippen molar-refractivity contribution in [2.24, 2.45) is 0 Å². The highest BCUT2D eigenvalue weighted by Gasteiger charge is 2.34. The number of hydrogen-bond donors (Lipinski definition) is 0. The molecule has 0 bridgehead atoms. The van der Waals surface area contributed by atoms with Gasteiger partial charge in [-0.3, -0.25) is 19.7 Å². The number of hydrogen-bond acceptors (Lipinski definition) is 4. The minimum Gasteiger partial charge on any atom is -0.347 e. The van der Waals surface area contributed by atoms with Crippen molar-refractivity contribution < 1.29 is 14.5 Å². The first-order chi connectivity index (χ1) is 10.4. The lowest BCUT2D eigenvalue weighted by atomic mass is 10.1. The number of likely N-dealkylation sites (N-methyl/N-ethyl adjacent to an activating group) is 1. The van der Waals surface area contributed by atoms with E-state index >= 15 is 0 Å². The van der Waals surface area contributed by atoms with Crippen LogP contribution in [0.2, 0.25) is 0 Å². The molecule has 0 radical (unpaired) electrons. The van der Waals surface area contributed by atoms with E-state index in [0.717, 1.165) is 6.42 Å². The van der Waals surface area contributed by atoms with Gasteiger partial charge in [0.1, 0.15) is 6.04 Å². The zero-order valence-electron chi connectivity index (χ0n) is 12.7. The number of nitro groups is 1. The average Bonchev–Trinajstić information content (AvgIpc) is 2.96. The van der Waals surface area contributed by atoms with Gasteiger partial charge in [0.25, 0.3) is 5.69 Å². The van der Waals surface area contributed by atoms with Crippen LogP contribution in [0.15, 0.2) is 24.3 Å². The van der Waals surface area contributed by atoms with Gasteiger partial charge < -0.3 is 9.80 Å². The lowest BCUT2D eigenvalue weighted by Crippen LogP contribution is -2.45. The van der Waals surface area contributed by atoms with E-state index in [0.29, 0.717) is 18.5 Å². The number of non-ortho nitro benzene ring substituents is 1. The van der Waals surface area contributed by atoms with Gasteiger partial charge in [0, 0.05) is 32.8 Å². The van der Waals surface area contributed by atoms with Gasteiger partial charge in [0.05, 0.1) is 11.3 Å². The predicted molar refractivity (Wildman–Crippen MR) is 80.2 cm³/mol. The normalized spacial score (nSPS) is 17.4. The van der Waals surface area contributed by atoms with E-state index < -0.39 is 4.92 Å². The van der Waals surface area contributed by atoms with Crippen molar-refractivity contribution in [1.29, 1.82) is 0 Å². The molecule has 1 fully saturated rings. The summed E-state index contributed by atoms with van der Waals surface area (Å²) in [5.74, 6) is -0.180. The van der Waals surface area contributed by atoms with Crippen LogP contribution in [0.25, 0.3) is 0 Å². The van der Waals surface area contributed by atoms with Gasteiger partial charge in [-0.15, -0.1) is 0 Å². The van der Waals surface area contributed by atoms with Crippen molar-refractivity contribution in [3.8, 4) is 0 Å².